The maximum atomic E-state index is 13.2. The van der Waals surface area contributed by atoms with E-state index in [0.717, 1.165) is 17.4 Å². The van der Waals surface area contributed by atoms with E-state index in [9.17, 15) is 14.4 Å². The standard InChI is InChI=1S/C13H10ClFN8O3S/c14-6-3-5(1-2-7(6)15)18-10(21-25)9-8(22-26-23-9)4-17-11(24)12-19-20-13(16)27-12/h1-3,25H,4H2,(H2,16,20)(H,17,24)(H,18,21). The van der Waals surface area contributed by atoms with Crippen molar-refractivity contribution in [3.63, 3.8) is 0 Å². The van der Waals surface area contributed by atoms with Gasteiger partial charge in [0.15, 0.2) is 11.5 Å². The lowest BCUT2D eigenvalue weighted by atomic mass is 10.2. The summed E-state index contributed by atoms with van der Waals surface area (Å²) >= 11 is 6.62. The van der Waals surface area contributed by atoms with Crippen LogP contribution in [-0.2, 0) is 6.54 Å². The maximum absolute atomic E-state index is 13.2. The lowest BCUT2D eigenvalue weighted by molar-refractivity contribution is 0.0949. The van der Waals surface area contributed by atoms with Crippen LogP contribution in [0, 0.1) is 5.82 Å². The summed E-state index contributed by atoms with van der Waals surface area (Å²) in [5.41, 5.74) is 7.70. The van der Waals surface area contributed by atoms with E-state index in [4.69, 9.17) is 17.3 Å². The molecular weight excluding hydrogens is 403 g/mol. The number of amidine groups is 1. The van der Waals surface area contributed by atoms with Gasteiger partial charge in [-0.15, -0.1) is 10.2 Å². The highest BCUT2D eigenvalue weighted by Gasteiger charge is 2.19. The predicted octanol–water partition coefficient (Wildman–Crippen LogP) is 1.28. The highest BCUT2D eigenvalue weighted by atomic mass is 35.5. The van der Waals surface area contributed by atoms with Crippen molar-refractivity contribution in [3.8, 4) is 0 Å². The van der Waals surface area contributed by atoms with Crippen LogP contribution in [0.3, 0.4) is 0 Å². The van der Waals surface area contributed by atoms with Gasteiger partial charge in [-0.2, -0.15) is 0 Å². The third-order valence-electron chi connectivity index (χ3n) is 3.08. The zero-order valence-corrected chi connectivity index (χ0v) is 14.8. The summed E-state index contributed by atoms with van der Waals surface area (Å²) in [5.74, 6) is -1.29. The number of carbonyl (C=O) groups excluding carboxylic acids is 1. The van der Waals surface area contributed by atoms with Crippen molar-refractivity contribution >= 4 is 45.5 Å². The normalized spacial score (nSPS) is 11.4. The van der Waals surface area contributed by atoms with Gasteiger partial charge >= 0.3 is 0 Å². The smallest absolute Gasteiger partial charge is 0.282 e. The summed E-state index contributed by atoms with van der Waals surface area (Å²) in [6.07, 6.45) is 0. The number of aromatic nitrogens is 4. The number of hydroxylamine groups is 1. The maximum Gasteiger partial charge on any atom is 0.282 e. The molecule has 0 saturated carbocycles. The largest absolute Gasteiger partial charge is 0.374 e. The molecule has 1 aromatic carbocycles. The molecule has 0 aliphatic heterocycles. The number of nitrogens with two attached hydrogens (primary N) is 1. The highest BCUT2D eigenvalue weighted by Crippen LogP contribution is 2.22. The van der Waals surface area contributed by atoms with Crippen molar-refractivity contribution in [2.75, 3.05) is 5.73 Å². The number of aliphatic imine (C=N–C) groups is 1. The number of nitrogens with zero attached hydrogens (tertiary/aromatic N) is 5. The van der Waals surface area contributed by atoms with Crippen LogP contribution in [0.2, 0.25) is 5.02 Å². The molecule has 27 heavy (non-hydrogen) atoms. The SMILES string of the molecule is Nc1nnc(C(=O)NCc2nonc2C(=Nc2ccc(F)c(Cl)c2)NO)s1. The van der Waals surface area contributed by atoms with E-state index in [0.29, 0.717) is 0 Å². The number of rotatable bonds is 5. The Bertz CT molecular complexity index is 1010. The third-order valence-corrected chi connectivity index (χ3v) is 4.12. The van der Waals surface area contributed by atoms with Crippen LogP contribution < -0.4 is 16.5 Å². The van der Waals surface area contributed by atoms with E-state index in [1.165, 1.54) is 12.1 Å². The molecule has 0 unspecified atom stereocenters. The molecule has 0 aliphatic rings. The second kappa shape index (κ2) is 8.03. The van der Waals surface area contributed by atoms with Crippen molar-refractivity contribution < 1.29 is 19.0 Å². The fourth-order valence-corrected chi connectivity index (χ4v) is 2.58. The van der Waals surface area contributed by atoms with Crippen LogP contribution in [0.4, 0.5) is 15.2 Å². The fraction of sp³-hybridized carbons (Fsp3) is 0.0769. The number of nitrogens with one attached hydrogen (secondary N) is 2. The van der Waals surface area contributed by atoms with Crippen LogP contribution in [0.1, 0.15) is 21.2 Å². The molecule has 0 aliphatic carbocycles. The predicted molar refractivity (Wildman–Crippen MR) is 92.3 cm³/mol. The average molecular weight is 413 g/mol. The summed E-state index contributed by atoms with van der Waals surface area (Å²) in [7, 11) is 0. The molecule has 1 amide bonds. The number of nitrogen functional groups attached to an aromatic ring is 1. The molecule has 0 fully saturated rings. The Hall–Kier alpha value is -3.16. The Morgan fingerprint density at radius 2 is 2.22 bits per heavy atom. The number of hydrogen-bond donors (Lipinski definition) is 4. The van der Waals surface area contributed by atoms with Crippen molar-refractivity contribution in [3.05, 3.63) is 45.4 Å². The Balaban J connectivity index is 1.78. The van der Waals surface area contributed by atoms with E-state index in [1.807, 2.05) is 5.48 Å². The van der Waals surface area contributed by atoms with Gasteiger partial charge < -0.3 is 11.1 Å². The molecule has 3 aromatic rings. The minimum Gasteiger partial charge on any atom is -0.374 e. The number of benzene rings is 1. The molecule has 5 N–H and O–H groups in total. The van der Waals surface area contributed by atoms with Gasteiger partial charge in [0.05, 0.1) is 17.3 Å². The van der Waals surface area contributed by atoms with Gasteiger partial charge in [0.25, 0.3) is 5.91 Å². The first-order chi connectivity index (χ1) is 13.0. The molecule has 14 heteroatoms. The van der Waals surface area contributed by atoms with Crippen LogP contribution in [0.25, 0.3) is 0 Å². The number of hydrogen-bond acceptors (Lipinski definition) is 10. The lowest BCUT2D eigenvalue weighted by Crippen LogP contribution is -2.26. The summed E-state index contributed by atoms with van der Waals surface area (Å²) in [6.45, 7) is -0.109. The molecule has 140 valence electrons. The molecule has 11 nitrogen and oxygen atoms in total. The van der Waals surface area contributed by atoms with Crippen molar-refractivity contribution in [1.82, 2.24) is 31.3 Å². The number of carbonyl (C=O) groups is 1. The highest BCUT2D eigenvalue weighted by molar-refractivity contribution is 7.16. The molecule has 0 bridgehead atoms. The molecular formula is C13H10ClFN8O3S. The Morgan fingerprint density at radius 3 is 2.89 bits per heavy atom. The van der Waals surface area contributed by atoms with Crippen molar-refractivity contribution in [2.45, 2.75) is 6.54 Å². The van der Waals surface area contributed by atoms with Crippen LogP contribution in [-0.4, -0.2) is 37.5 Å². The number of anilines is 1. The second-order valence-corrected chi connectivity index (χ2v) is 6.27. The average Bonchev–Trinajstić information content (AvgIpc) is 3.29. The molecule has 0 saturated heterocycles. The third kappa shape index (κ3) is 4.33. The van der Waals surface area contributed by atoms with Crippen molar-refractivity contribution in [1.29, 1.82) is 0 Å². The lowest BCUT2D eigenvalue weighted by Gasteiger charge is -2.04. The molecule has 2 heterocycles. The minimum absolute atomic E-state index is 0.0232. The van der Waals surface area contributed by atoms with E-state index < -0.39 is 11.7 Å². The van der Waals surface area contributed by atoms with Gasteiger partial charge in [0.2, 0.25) is 10.1 Å². The molecule has 0 radical (unpaired) electrons. The first-order valence-electron chi connectivity index (χ1n) is 7.10. The van der Waals surface area contributed by atoms with Gasteiger partial charge in [-0.25, -0.2) is 14.0 Å². The Morgan fingerprint density at radius 1 is 1.41 bits per heavy atom. The first kappa shape index (κ1) is 18.6. The minimum atomic E-state index is -0.613. The zero-order chi connectivity index (χ0) is 19.4. The van der Waals surface area contributed by atoms with Gasteiger partial charge in [0, 0.05) is 0 Å². The molecule has 0 atom stereocenters. The van der Waals surface area contributed by atoms with Crippen LogP contribution in [0.15, 0.2) is 27.8 Å². The van der Waals surface area contributed by atoms with Crippen LogP contribution in [0.5, 0.6) is 0 Å². The first-order valence-corrected chi connectivity index (χ1v) is 8.30. The molecule has 0 spiro atoms. The van der Waals surface area contributed by atoms with Gasteiger partial charge in [-0.3, -0.25) is 15.5 Å². The van der Waals surface area contributed by atoms with Crippen LogP contribution >= 0.6 is 22.9 Å². The van der Waals surface area contributed by atoms with Crippen molar-refractivity contribution in [2.24, 2.45) is 4.99 Å². The molecule has 3 rings (SSSR count). The summed E-state index contributed by atoms with van der Waals surface area (Å²) in [5, 5.41) is 26.4. The Kier molecular flexibility index (Phi) is 5.54. The van der Waals surface area contributed by atoms with E-state index in [-0.39, 0.29) is 44.6 Å². The van der Waals surface area contributed by atoms with E-state index in [2.05, 4.69) is 35.4 Å². The van der Waals surface area contributed by atoms with E-state index in [1.54, 1.807) is 0 Å². The summed E-state index contributed by atoms with van der Waals surface area (Å²) < 4.78 is 17.9. The fourth-order valence-electron chi connectivity index (χ4n) is 1.88. The van der Waals surface area contributed by atoms with E-state index >= 15 is 0 Å². The quantitative estimate of drug-likeness (QED) is 0.274. The monoisotopic (exact) mass is 412 g/mol. The van der Waals surface area contributed by atoms with Gasteiger partial charge in [0.1, 0.15) is 11.5 Å². The second-order valence-electron chi connectivity index (χ2n) is 4.86. The molecule has 2 aromatic heterocycles. The summed E-state index contributed by atoms with van der Waals surface area (Å²) in [4.78, 5) is 16.0. The summed E-state index contributed by atoms with van der Waals surface area (Å²) in [6, 6.07) is 3.71. The number of amides is 1. The topological polar surface area (TPSA) is 164 Å². The zero-order valence-electron chi connectivity index (χ0n) is 13.2. The van der Waals surface area contributed by atoms with Gasteiger partial charge in [-0.1, -0.05) is 28.1 Å². The van der Waals surface area contributed by atoms with Gasteiger partial charge in [-0.05, 0) is 23.4 Å². The number of halogens is 2. The Labute approximate surface area is 159 Å².